The zero-order valence-electron chi connectivity index (χ0n) is 14.2. The monoisotopic (exact) mass is 363 g/mol. The second-order valence-corrected chi connectivity index (χ2v) is 5.86. The standard InChI is InChI=1S/C14H25N3O8/c1-5(12(16)21)17(7(3)19)13(22)6(2)24-11-9(15)14(23)25-8(4-18)10(11)20/h5-6,8-11,14,18,20,23H,4,15H2,1-3H3,(H2,16,21)/t5-,6?,8+,9+,10+,11+,14-/m0/s1. The van der Waals surface area contributed by atoms with Gasteiger partial charge >= 0.3 is 0 Å². The normalized spacial score (nSPS) is 31.9. The lowest BCUT2D eigenvalue weighted by Gasteiger charge is -2.41. The van der Waals surface area contributed by atoms with Crippen LogP contribution in [0.25, 0.3) is 0 Å². The molecule has 0 saturated carbocycles. The van der Waals surface area contributed by atoms with E-state index in [1.54, 1.807) is 0 Å². The fourth-order valence-corrected chi connectivity index (χ4v) is 2.51. The van der Waals surface area contributed by atoms with Gasteiger partial charge in [0.2, 0.25) is 11.8 Å². The van der Waals surface area contributed by atoms with Crippen LogP contribution >= 0.6 is 0 Å². The molecule has 11 nitrogen and oxygen atoms in total. The summed E-state index contributed by atoms with van der Waals surface area (Å²) in [5.41, 5.74) is 10.8. The van der Waals surface area contributed by atoms with Crippen LogP contribution in [-0.2, 0) is 23.9 Å². The van der Waals surface area contributed by atoms with Gasteiger partial charge < -0.3 is 36.3 Å². The van der Waals surface area contributed by atoms with E-state index in [1.165, 1.54) is 13.8 Å². The van der Waals surface area contributed by atoms with E-state index in [9.17, 15) is 24.6 Å². The highest BCUT2D eigenvalue weighted by Crippen LogP contribution is 2.22. The first-order valence-corrected chi connectivity index (χ1v) is 7.69. The van der Waals surface area contributed by atoms with Gasteiger partial charge in [-0.1, -0.05) is 0 Å². The molecule has 3 amide bonds. The van der Waals surface area contributed by atoms with Gasteiger partial charge in [-0.15, -0.1) is 0 Å². The van der Waals surface area contributed by atoms with Gasteiger partial charge in [0.1, 0.15) is 30.5 Å². The predicted octanol–water partition coefficient (Wildman–Crippen LogP) is -3.59. The van der Waals surface area contributed by atoms with Gasteiger partial charge in [0, 0.05) is 6.92 Å². The zero-order chi connectivity index (χ0) is 19.5. The molecule has 25 heavy (non-hydrogen) atoms. The number of imide groups is 1. The number of aliphatic hydroxyl groups is 3. The Balaban J connectivity index is 2.94. The number of carbonyl (C=O) groups excluding carboxylic acids is 3. The van der Waals surface area contributed by atoms with Crippen molar-refractivity contribution in [1.82, 2.24) is 4.90 Å². The first kappa shape index (κ1) is 21.4. The second kappa shape index (κ2) is 8.65. The van der Waals surface area contributed by atoms with Crippen molar-refractivity contribution in [2.24, 2.45) is 11.5 Å². The minimum Gasteiger partial charge on any atom is -0.394 e. The minimum absolute atomic E-state index is 0.606. The summed E-state index contributed by atoms with van der Waals surface area (Å²) in [5, 5.41) is 29.0. The van der Waals surface area contributed by atoms with E-state index in [0.717, 1.165) is 6.92 Å². The van der Waals surface area contributed by atoms with Crippen LogP contribution in [0.1, 0.15) is 20.8 Å². The van der Waals surface area contributed by atoms with Crippen molar-refractivity contribution in [2.75, 3.05) is 6.61 Å². The number of ether oxygens (including phenoxy) is 2. The number of rotatable bonds is 6. The molecular formula is C14H25N3O8. The van der Waals surface area contributed by atoms with Crippen LogP contribution in [0.2, 0.25) is 0 Å². The van der Waals surface area contributed by atoms with E-state index in [2.05, 4.69) is 0 Å². The maximum atomic E-state index is 12.5. The summed E-state index contributed by atoms with van der Waals surface area (Å²) in [6.07, 6.45) is -6.64. The number of carbonyl (C=O) groups is 3. The fourth-order valence-electron chi connectivity index (χ4n) is 2.51. The van der Waals surface area contributed by atoms with Crippen LogP contribution in [0.4, 0.5) is 0 Å². The molecule has 11 heteroatoms. The molecule has 144 valence electrons. The molecule has 7 N–H and O–H groups in total. The lowest BCUT2D eigenvalue weighted by atomic mass is 9.97. The highest BCUT2D eigenvalue weighted by atomic mass is 16.6. The third-order valence-corrected chi connectivity index (χ3v) is 4.01. The zero-order valence-corrected chi connectivity index (χ0v) is 14.2. The lowest BCUT2D eigenvalue weighted by Crippen LogP contribution is -2.64. The average Bonchev–Trinajstić information content (AvgIpc) is 2.54. The Morgan fingerprint density at radius 1 is 1.28 bits per heavy atom. The van der Waals surface area contributed by atoms with E-state index < -0.39 is 67.1 Å². The molecule has 0 radical (unpaired) electrons. The maximum absolute atomic E-state index is 12.5. The highest BCUT2D eigenvalue weighted by molar-refractivity contribution is 6.00. The Hall–Kier alpha value is -1.63. The summed E-state index contributed by atoms with van der Waals surface area (Å²) < 4.78 is 10.3. The smallest absolute Gasteiger partial charge is 0.258 e. The van der Waals surface area contributed by atoms with Gasteiger partial charge in [0.15, 0.2) is 6.29 Å². The van der Waals surface area contributed by atoms with Crippen LogP contribution in [0.3, 0.4) is 0 Å². The van der Waals surface area contributed by atoms with E-state index in [0.29, 0.717) is 4.90 Å². The van der Waals surface area contributed by atoms with E-state index >= 15 is 0 Å². The number of primary amides is 1. The summed E-state index contributed by atoms with van der Waals surface area (Å²) in [6, 6.07) is -2.40. The Kier molecular flexibility index (Phi) is 7.41. The van der Waals surface area contributed by atoms with Gasteiger partial charge in [-0.25, -0.2) is 0 Å². The average molecular weight is 363 g/mol. The number of hydrogen-bond donors (Lipinski definition) is 5. The van der Waals surface area contributed by atoms with Crippen molar-refractivity contribution in [2.45, 2.75) is 63.6 Å². The van der Waals surface area contributed by atoms with Crippen molar-refractivity contribution in [3.05, 3.63) is 0 Å². The first-order valence-electron chi connectivity index (χ1n) is 7.69. The first-order chi connectivity index (χ1) is 11.5. The molecule has 1 aliphatic heterocycles. The molecule has 0 spiro atoms. The molecule has 1 rings (SSSR count). The molecule has 1 saturated heterocycles. The third-order valence-electron chi connectivity index (χ3n) is 4.01. The molecule has 0 bridgehead atoms. The Labute approximate surface area is 144 Å². The van der Waals surface area contributed by atoms with Crippen molar-refractivity contribution in [3.63, 3.8) is 0 Å². The van der Waals surface area contributed by atoms with E-state index in [4.69, 9.17) is 26.0 Å². The van der Waals surface area contributed by atoms with Gasteiger partial charge in [0.25, 0.3) is 5.91 Å². The minimum atomic E-state index is -1.53. The molecule has 1 heterocycles. The van der Waals surface area contributed by atoms with Gasteiger partial charge in [-0.05, 0) is 13.8 Å². The molecule has 1 fully saturated rings. The van der Waals surface area contributed by atoms with Crippen molar-refractivity contribution >= 4 is 17.7 Å². The SMILES string of the molecule is CC(=O)N(C(=O)C(C)O[C@@H]1[C@@H](N)[C@@H](O)O[C@H](CO)[C@H]1O)[C@@H](C)C(N)=O. The Morgan fingerprint density at radius 2 is 1.84 bits per heavy atom. The van der Waals surface area contributed by atoms with Crippen molar-refractivity contribution in [3.8, 4) is 0 Å². The van der Waals surface area contributed by atoms with E-state index in [1.807, 2.05) is 0 Å². The molecule has 0 aromatic heterocycles. The topological polar surface area (TPSA) is 186 Å². The highest BCUT2D eigenvalue weighted by Gasteiger charge is 2.45. The Bertz CT molecular complexity index is 516. The number of amides is 3. The van der Waals surface area contributed by atoms with Crippen LogP contribution in [-0.4, -0.2) is 87.3 Å². The molecule has 7 atom stereocenters. The summed E-state index contributed by atoms with van der Waals surface area (Å²) >= 11 is 0. The summed E-state index contributed by atoms with van der Waals surface area (Å²) in [7, 11) is 0. The number of nitrogens with two attached hydrogens (primary N) is 2. The van der Waals surface area contributed by atoms with Gasteiger partial charge in [0.05, 0.1) is 12.6 Å². The number of nitrogens with zero attached hydrogens (tertiary/aromatic N) is 1. The number of hydrogen-bond acceptors (Lipinski definition) is 9. The fraction of sp³-hybridized carbons (Fsp3) is 0.786. The molecule has 1 unspecified atom stereocenters. The molecule has 0 aromatic carbocycles. The van der Waals surface area contributed by atoms with Crippen LogP contribution in [0, 0.1) is 0 Å². The maximum Gasteiger partial charge on any atom is 0.258 e. The number of aliphatic hydroxyl groups excluding tert-OH is 3. The second-order valence-electron chi connectivity index (χ2n) is 5.86. The lowest BCUT2D eigenvalue weighted by molar-refractivity contribution is -0.262. The van der Waals surface area contributed by atoms with E-state index in [-0.39, 0.29) is 0 Å². The molecule has 0 aliphatic carbocycles. The third kappa shape index (κ3) is 4.71. The Morgan fingerprint density at radius 3 is 2.28 bits per heavy atom. The van der Waals surface area contributed by atoms with Gasteiger partial charge in [-0.2, -0.15) is 0 Å². The summed E-state index contributed by atoms with van der Waals surface area (Å²) in [4.78, 5) is 36.1. The van der Waals surface area contributed by atoms with Crippen molar-refractivity contribution in [1.29, 1.82) is 0 Å². The predicted molar refractivity (Wildman–Crippen MR) is 82.5 cm³/mol. The quantitative estimate of drug-likeness (QED) is 0.318. The summed E-state index contributed by atoms with van der Waals surface area (Å²) in [6.45, 7) is 3.06. The van der Waals surface area contributed by atoms with Crippen LogP contribution in [0.5, 0.6) is 0 Å². The van der Waals surface area contributed by atoms with Crippen molar-refractivity contribution < 1.29 is 39.2 Å². The van der Waals surface area contributed by atoms with Gasteiger partial charge in [-0.3, -0.25) is 19.3 Å². The molecule has 0 aromatic rings. The largest absolute Gasteiger partial charge is 0.394 e. The van der Waals surface area contributed by atoms with Crippen LogP contribution < -0.4 is 11.5 Å². The molecule has 1 aliphatic rings. The van der Waals surface area contributed by atoms with Crippen LogP contribution in [0.15, 0.2) is 0 Å². The molecular weight excluding hydrogens is 338 g/mol. The summed E-state index contributed by atoms with van der Waals surface area (Å²) in [5.74, 6) is -2.45.